The second-order valence-electron chi connectivity index (χ2n) is 5.54. The summed E-state index contributed by atoms with van der Waals surface area (Å²) in [5.41, 5.74) is 6.22. The molecule has 1 atom stereocenters. The van der Waals surface area contributed by atoms with Gasteiger partial charge in [0.25, 0.3) is 0 Å². The first-order valence-corrected chi connectivity index (χ1v) is 6.65. The molecule has 1 amide bonds. The Kier molecular flexibility index (Phi) is 3.71. The van der Waals surface area contributed by atoms with Crippen molar-refractivity contribution in [3.63, 3.8) is 0 Å². The maximum absolute atomic E-state index is 12.5. The molecule has 1 aromatic rings. The lowest BCUT2D eigenvalue weighted by atomic mass is 9.90. The minimum absolute atomic E-state index is 0.0422. The molecule has 1 saturated heterocycles. The molecule has 2 N–H and O–H groups in total. The summed E-state index contributed by atoms with van der Waals surface area (Å²) < 4.78 is 0. The highest BCUT2D eigenvalue weighted by Gasteiger charge is 2.35. The Balaban J connectivity index is 2.13. The number of amides is 1. The van der Waals surface area contributed by atoms with Crippen LogP contribution in [0.25, 0.3) is 0 Å². The first-order chi connectivity index (χ1) is 8.51. The Morgan fingerprint density at radius 3 is 2.39 bits per heavy atom. The lowest BCUT2D eigenvalue weighted by Gasteiger charge is -2.36. The number of piperidine rings is 1. The molecule has 0 spiro atoms. The van der Waals surface area contributed by atoms with E-state index in [1.54, 1.807) is 0 Å². The van der Waals surface area contributed by atoms with Crippen molar-refractivity contribution in [3.8, 4) is 0 Å². The van der Waals surface area contributed by atoms with Crippen molar-refractivity contribution in [2.24, 2.45) is 11.7 Å². The maximum Gasteiger partial charge on any atom is 0.246 e. The number of hydrogen-bond donors (Lipinski definition) is 1. The van der Waals surface area contributed by atoms with Crippen molar-refractivity contribution in [2.45, 2.75) is 32.2 Å². The van der Waals surface area contributed by atoms with Gasteiger partial charge in [-0.1, -0.05) is 37.3 Å². The van der Waals surface area contributed by atoms with E-state index in [0.29, 0.717) is 0 Å². The highest BCUT2D eigenvalue weighted by Crippen LogP contribution is 2.24. The molecule has 1 aliphatic heterocycles. The second-order valence-corrected chi connectivity index (χ2v) is 5.54. The normalized spacial score (nSPS) is 20.5. The summed E-state index contributed by atoms with van der Waals surface area (Å²) >= 11 is 0. The molecule has 3 nitrogen and oxygen atoms in total. The topological polar surface area (TPSA) is 46.3 Å². The average molecular weight is 246 g/mol. The SMILES string of the molecule is CC1CCN(C(=O)[C@@](C)(N)c2ccccc2)CC1. The number of hydrogen-bond acceptors (Lipinski definition) is 2. The van der Waals surface area contributed by atoms with Gasteiger partial charge in [-0.25, -0.2) is 0 Å². The molecule has 1 aliphatic rings. The fourth-order valence-corrected chi connectivity index (χ4v) is 2.45. The van der Waals surface area contributed by atoms with E-state index in [1.807, 2.05) is 42.2 Å². The zero-order valence-corrected chi connectivity index (χ0v) is 11.2. The minimum Gasteiger partial charge on any atom is -0.341 e. The molecule has 0 bridgehead atoms. The molecular weight excluding hydrogens is 224 g/mol. The molecule has 98 valence electrons. The van der Waals surface area contributed by atoms with Crippen LogP contribution in [0.3, 0.4) is 0 Å². The molecule has 0 aromatic heterocycles. The molecule has 18 heavy (non-hydrogen) atoms. The average Bonchev–Trinajstić information content (AvgIpc) is 2.40. The quantitative estimate of drug-likeness (QED) is 0.869. The largest absolute Gasteiger partial charge is 0.341 e. The number of rotatable bonds is 2. The fraction of sp³-hybridized carbons (Fsp3) is 0.533. The van der Waals surface area contributed by atoms with Crippen molar-refractivity contribution in [1.82, 2.24) is 4.90 Å². The van der Waals surface area contributed by atoms with Gasteiger partial charge in [0.15, 0.2) is 0 Å². The summed E-state index contributed by atoms with van der Waals surface area (Å²) in [6, 6.07) is 9.62. The van der Waals surface area contributed by atoms with Crippen LogP contribution in [0.15, 0.2) is 30.3 Å². The smallest absolute Gasteiger partial charge is 0.246 e. The first kappa shape index (κ1) is 13.1. The van der Waals surface area contributed by atoms with E-state index in [9.17, 15) is 4.79 Å². The molecule has 0 radical (unpaired) electrons. The maximum atomic E-state index is 12.5. The molecule has 2 rings (SSSR count). The third-order valence-electron chi connectivity index (χ3n) is 3.89. The molecular formula is C15H22N2O. The zero-order chi connectivity index (χ0) is 13.2. The van der Waals surface area contributed by atoms with E-state index in [0.717, 1.165) is 37.4 Å². The monoisotopic (exact) mass is 246 g/mol. The third kappa shape index (κ3) is 2.56. The van der Waals surface area contributed by atoms with Crippen molar-refractivity contribution >= 4 is 5.91 Å². The number of carbonyl (C=O) groups is 1. The molecule has 1 fully saturated rings. The van der Waals surface area contributed by atoms with Crippen molar-refractivity contribution in [1.29, 1.82) is 0 Å². The van der Waals surface area contributed by atoms with E-state index in [2.05, 4.69) is 6.92 Å². The second kappa shape index (κ2) is 5.11. The molecule has 3 heteroatoms. The van der Waals surface area contributed by atoms with Crippen LogP contribution in [0.1, 0.15) is 32.3 Å². The molecule has 1 aromatic carbocycles. The number of likely N-dealkylation sites (tertiary alicyclic amines) is 1. The Morgan fingerprint density at radius 2 is 1.83 bits per heavy atom. The lowest BCUT2D eigenvalue weighted by Crippen LogP contribution is -2.52. The van der Waals surface area contributed by atoms with Gasteiger partial charge in [-0.05, 0) is 31.2 Å². The van der Waals surface area contributed by atoms with Gasteiger partial charge < -0.3 is 10.6 Å². The Hall–Kier alpha value is -1.35. The van der Waals surface area contributed by atoms with Gasteiger partial charge in [-0.2, -0.15) is 0 Å². The van der Waals surface area contributed by atoms with Crippen LogP contribution in [-0.4, -0.2) is 23.9 Å². The van der Waals surface area contributed by atoms with Crippen molar-refractivity contribution in [3.05, 3.63) is 35.9 Å². The number of nitrogens with zero attached hydrogens (tertiary/aromatic N) is 1. The summed E-state index contributed by atoms with van der Waals surface area (Å²) in [5, 5.41) is 0. The van der Waals surface area contributed by atoms with Crippen molar-refractivity contribution in [2.75, 3.05) is 13.1 Å². The van der Waals surface area contributed by atoms with E-state index < -0.39 is 5.54 Å². The third-order valence-corrected chi connectivity index (χ3v) is 3.89. The van der Waals surface area contributed by atoms with Gasteiger partial charge in [0, 0.05) is 13.1 Å². The van der Waals surface area contributed by atoms with Gasteiger partial charge in [0.1, 0.15) is 5.54 Å². The minimum atomic E-state index is -0.915. The van der Waals surface area contributed by atoms with Crippen LogP contribution in [0, 0.1) is 5.92 Å². The number of nitrogens with two attached hydrogens (primary N) is 1. The predicted molar refractivity (Wildman–Crippen MR) is 73.0 cm³/mol. The highest BCUT2D eigenvalue weighted by atomic mass is 16.2. The van der Waals surface area contributed by atoms with Gasteiger partial charge >= 0.3 is 0 Å². The van der Waals surface area contributed by atoms with Crippen LogP contribution < -0.4 is 5.73 Å². The van der Waals surface area contributed by atoms with Gasteiger partial charge in [0.2, 0.25) is 5.91 Å². The van der Waals surface area contributed by atoms with E-state index in [-0.39, 0.29) is 5.91 Å². The van der Waals surface area contributed by atoms with Crippen molar-refractivity contribution < 1.29 is 4.79 Å². The van der Waals surface area contributed by atoms with Crippen LogP contribution in [0.2, 0.25) is 0 Å². The molecule has 0 saturated carbocycles. The number of carbonyl (C=O) groups excluding carboxylic acids is 1. The van der Waals surface area contributed by atoms with Gasteiger partial charge in [-0.15, -0.1) is 0 Å². The predicted octanol–water partition coefficient (Wildman–Crippen LogP) is 2.12. The molecule has 1 heterocycles. The molecule has 0 aliphatic carbocycles. The van der Waals surface area contributed by atoms with Gasteiger partial charge in [-0.3, -0.25) is 4.79 Å². The van der Waals surface area contributed by atoms with Crippen LogP contribution in [0.4, 0.5) is 0 Å². The highest BCUT2D eigenvalue weighted by molar-refractivity contribution is 5.87. The van der Waals surface area contributed by atoms with E-state index in [1.165, 1.54) is 0 Å². The number of benzene rings is 1. The first-order valence-electron chi connectivity index (χ1n) is 6.65. The summed E-state index contributed by atoms with van der Waals surface area (Å²) in [6.07, 6.45) is 2.16. The summed E-state index contributed by atoms with van der Waals surface area (Å²) in [7, 11) is 0. The Bertz CT molecular complexity index is 406. The fourth-order valence-electron chi connectivity index (χ4n) is 2.45. The van der Waals surface area contributed by atoms with E-state index >= 15 is 0 Å². The summed E-state index contributed by atoms with van der Waals surface area (Å²) in [6.45, 7) is 5.71. The Labute approximate surface area is 109 Å². The summed E-state index contributed by atoms with van der Waals surface area (Å²) in [4.78, 5) is 14.4. The summed E-state index contributed by atoms with van der Waals surface area (Å²) in [5.74, 6) is 0.760. The molecule has 0 unspecified atom stereocenters. The van der Waals surface area contributed by atoms with E-state index in [4.69, 9.17) is 5.73 Å². The Morgan fingerprint density at radius 1 is 1.28 bits per heavy atom. The standard InChI is InChI=1S/C15H22N2O/c1-12-8-10-17(11-9-12)14(18)15(2,16)13-6-4-3-5-7-13/h3-7,12H,8-11,16H2,1-2H3/t15-/m0/s1. The lowest BCUT2D eigenvalue weighted by molar-refractivity contribution is -0.138. The van der Waals surface area contributed by atoms with Gasteiger partial charge in [0.05, 0.1) is 0 Å². The zero-order valence-electron chi connectivity index (χ0n) is 11.2. The van der Waals surface area contributed by atoms with Crippen LogP contribution in [-0.2, 0) is 10.3 Å². The van der Waals surface area contributed by atoms with Crippen LogP contribution >= 0.6 is 0 Å². The van der Waals surface area contributed by atoms with Crippen LogP contribution in [0.5, 0.6) is 0 Å².